The molecule has 23 heavy (non-hydrogen) atoms. The molecule has 0 saturated carbocycles. The Kier molecular flexibility index (Phi) is 3.63. The minimum atomic E-state index is -0.938. The summed E-state index contributed by atoms with van der Waals surface area (Å²) < 4.78 is 0. The van der Waals surface area contributed by atoms with Crippen molar-refractivity contribution in [1.29, 1.82) is 0 Å². The van der Waals surface area contributed by atoms with Gasteiger partial charge in [-0.25, -0.2) is 0 Å². The quantitative estimate of drug-likeness (QED) is 0.808. The second kappa shape index (κ2) is 5.49. The number of piperidine rings is 1. The predicted molar refractivity (Wildman–Crippen MR) is 81.9 cm³/mol. The lowest BCUT2D eigenvalue weighted by Crippen LogP contribution is -2.54. The van der Waals surface area contributed by atoms with Crippen molar-refractivity contribution < 1.29 is 19.2 Å². The van der Waals surface area contributed by atoms with E-state index in [9.17, 15) is 19.2 Å². The Morgan fingerprint density at radius 2 is 1.91 bits per heavy atom. The van der Waals surface area contributed by atoms with Crippen LogP contribution < -0.4 is 10.6 Å². The van der Waals surface area contributed by atoms with Crippen molar-refractivity contribution in [2.75, 3.05) is 5.32 Å². The van der Waals surface area contributed by atoms with Crippen molar-refractivity contribution in [3.8, 4) is 0 Å². The van der Waals surface area contributed by atoms with Crippen molar-refractivity contribution in [3.63, 3.8) is 0 Å². The van der Waals surface area contributed by atoms with E-state index in [0.717, 1.165) is 4.90 Å². The zero-order chi connectivity index (χ0) is 16.7. The number of hydrogen-bond donors (Lipinski definition) is 2. The SMILES string of the molecule is CC(C)Nc1cccc2c1C(=O)N([C@H]1CCC(=O)NC1=O)C2=O. The molecule has 3 rings (SSSR count). The summed E-state index contributed by atoms with van der Waals surface area (Å²) in [4.78, 5) is 49.6. The van der Waals surface area contributed by atoms with Crippen LogP contribution in [0.15, 0.2) is 18.2 Å². The average Bonchev–Trinajstić information content (AvgIpc) is 2.72. The fraction of sp³-hybridized carbons (Fsp3) is 0.375. The van der Waals surface area contributed by atoms with Gasteiger partial charge in [-0.05, 0) is 32.4 Å². The first-order valence-corrected chi connectivity index (χ1v) is 7.51. The van der Waals surface area contributed by atoms with Crippen LogP contribution in [-0.2, 0) is 9.59 Å². The largest absolute Gasteiger partial charge is 0.382 e. The number of hydrogen-bond acceptors (Lipinski definition) is 5. The molecule has 1 aromatic rings. The number of carbonyl (C=O) groups excluding carboxylic acids is 4. The zero-order valence-electron chi connectivity index (χ0n) is 12.9. The molecule has 0 aliphatic carbocycles. The van der Waals surface area contributed by atoms with E-state index in [1.165, 1.54) is 0 Å². The number of carbonyl (C=O) groups is 4. The molecule has 2 N–H and O–H groups in total. The van der Waals surface area contributed by atoms with Gasteiger partial charge in [-0.3, -0.25) is 29.4 Å². The molecule has 7 heteroatoms. The van der Waals surface area contributed by atoms with Gasteiger partial charge in [0.05, 0.1) is 11.1 Å². The van der Waals surface area contributed by atoms with Gasteiger partial charge in [-0.15, -0.1) is 0 Å². The van der Waals surface area contributed by atoms with E-state index < -0.39 is 23.8 Å². The lowest BCUT2D eigenvalue weighted by atomic mass is 10.0. The minimum absolute atomic E-state index is 0.0917. The molecule has 0 aromatic heterocycles. The first-order valence-electron chi connectivity index (χ1n) is 7.51. The molecule has 2 aliphatic heterocycles. The summed E-state index contributed by atoms with van der Waals surface area (Å²) in [6.07, 6.45) is 0.268. The highest BCUT2D eigenvalue weighted by molar-refractivity contribution is 6.25. The summed E-state index contributed by atoms with van der Waals surface area (Å²) >= 11 is 0. The number of imide groups is 2. The van der Waals surface area contributed by atoms with Crippen molar-refractivity contribution in [3.05, 3.63) is 29.3 Å². The molecule has 1 aromatic carbocycles. The molecule has 120 valence electrons. The molecule has 0 unspecified atom stereocenters. The summed E-state index contributed by atoms with van der Waals surface area (Å²) in [5.74, 6) is -1.98. The summed E-state index contributed by atoms with van der Waals surface area (Å²) in [6.45, 7) is 3.86. The third kappa shape index (κ3) is 2.48. The number of nitrogens with zero attached hydrogens (tertiary/aromatic N) is 1. The minimum Gasteiger partial charge on any atom is -0.382 e. The second-order valence-corrected chi connectivity index (χ2v) is 5.97. The molecule has 1 atom stereocenters. The molecular formula is C16H17N3O4. The molecule has 0 radical (unpaired) electrons. The van der Waals surface area contributed by atoms with E-state index in [1.54, 1.807) is 18.2 Å². The highest BCUT2D eigenvalue weighted by Crippen LogP contribution is 2.32. The molecule has 0 spiro atoms. The molecule has 1 fully saturated rings. The van der Waals surface area contributed by atoms with Gasteiger partial charge in [0, 0.05) is 18.2 Å². The highest BCUT2D eigenvalue weighted by atomic mass is 16.2. The van der Waals surface area contributed by atoms with Gasteiger partial charge in [-0.1, -0.05) is 6.07 Å². The number of benzene rings is 1. The highest BCUT2D eigenvalue weighted by Gasteiger charge is 2.45. The molecule has 7 nitrogen and oxygen atoms in total. The summed E-state index contributed by atoms with van der Waals surface area (Å²) in [6, 6.07) is 4.16. The molecule has 1 saturated heterocycles. The summed E-state index contributed by atoms with van der Waals surface area (Å²) in [7, 11) is 0. The van der Waals surface area contributed by atoms with E-state index in [2.05, 4.69) is 10.6 Å². The van der Waals surface area contributed by atoms with Crippen LogP contribution in [0, 0.1) is 0 Å². The fourth-order valence-corrected chi connectivity index (χ4v) is 2.95. The van der Waals surface area contributed by atoms with E-state index in [4.69, 9.17) is 0 Å². The van der Waals surface area contributed by atoms with Crippen LogP contribution in [0.25, 0.3) is 0 Å². The number of fused-ring (bicyclic) bond motifs is 1. The lowest BCUT2D eigenvalue weighted by molar-refractivity contribution is -0.136. The third-order valence-electron chi connectivity index (χ3n) is 3.91. The zero-order valence-corrected chi connectivity index (χ0v) is 12.9. The second-order valence-electron chi connectivity index (χ2n) is 5.97. The van der Waals surface area contributed by atoms with Gasteiger partial charge < -0.3 is 5.32 Å². The smallest absolute Gasteiger partial charge is 0.264 e. The Morgan fingerprint density at radius 1 is 1.17 bits per heavy atom. The Balaban J connectivity index is 1.98. The Hall–Kier alpha value is -2.70. The van der Waals surface area contributed by atoms with Gasteiger partial charge in [-0.2, -0.15) is 0 Å². The number of amides is 4. The van der Waals surface area contributed by atoms with Crippen molar-refractivity contribution >= 4 is 29.3 Å². The van der Waals surface area contributed by atoms with Gasteiger partial charge in [0.2, 0.25) is 11.8 Å². The van der Waals surface area contributed by atoms with E-state index >= 15 is 0 Å². The van der Waals surface area contributed by atoms with Crippen LogP contribution in [0.5, 0.6) is 0 Å². The van der Waals surface area contributed by atoms with E-state index in [1.807, 2.05) is 13.8 Å². The number of anilines is 1. The Labute approximate surface area is 133 Å². The Bertz CT molecular complexity index is 726. The third-order valence-corrected chi connectivity index (χ3v) is 3.91. The summed E-state index contributed by atoms with van der Waals surface area (Å²) in [5, 5.41) is 5.32. The van der Waals surface area contributed by atoms with Crippen LogP contribution in [0.1, 0.15) is 47.4 Å². The van der Waals surface area contributed by atoms with Gasteiger partial charge in [0.15, 0.2) is 0 Å². The van der Waals surface area contributed by atoms with Gasteiger partial charge in [0.1, 0.15) is 6.04 Å². The van der Waals surface area contributed by atoms with Crippen molar-refractivity contribution in [1.82, 2.24) is 10.2 Å². The maximum Gasteiger partial charge on any atom is 0.264 e. The molecule has 4 amide bonds. The first-order chi connectivity index (χ1) is 10.9. The first kappa shape index (κ1) is 15.2. The fourth-order valence-electron chi connectivity index (χ4n) is 2.95. The van der Waals surface area contributed by atoms with Crippen LogP contribution in [0.4, 0.5) is 5.69 Å². The maximum atomic E-state index is 12.7. The van der Waals surface area contributed by atoms with Gasteiger partial charge in [0.25, 0.3) is 11.8 Å². The summed E-state index contributed by atoms with van der Waals surface area (Å²) in [5.41, 5.74) is 1.15. The number of rotatable bonds is 3. The lowest BCUT2D eigenvalue weighted by Gasteiger charge is -2.27. The van der Waals surface area contributed by atoms with Crippen LogP contribution in [0.3, 0.4) is 0 Å². The predicted octanol–water partition coefficient (Wildman–Crippen LogP) is 0.908. The standard InChI is InChI=1S/C16H17N3O4/c1-8(2)17-10-5-3-4-9-13(10)16(23)19(15(9)22)11-6-7-12(20)18-14(11)21/h3-5,8,11,17H,6-7H2,1-2H3,(H,18,20,21)/t11-/m0/s1. The molecule has 2 aliphatic rings. The average molecular weight is 315 g/mol. The van der Waals surface area contributed by atoms with Gasteiger partial charge >= 0.3 is 0 Å². The van der Waals surface area contributed by atoms with Crippen molar-refractivity contribution in [2.45, 2.75) is 38.8 Å². The van der Waals surface area contributed by atoms with E-state index in [0.29, 0.717) is 5.69 Å². The molecular weight excluding hydrogens is 298 g/mol. The topological polar surface area (TPSA) is 95.6 Å². The Morgan fingerprint density at radius 3 is 2.57 bits per heavy atom. The maximum absolute atomic E-state index is 12.7. The van der Waals surface area contributed by atoms with E-state index in [-0.39, 0.29) is 35.9 Å². The number of nitrogens with one attached hydrogen (secondary N) is 2. The monoisotopic (exact) mass is 315 g/mol. The van der Waals surface area contributed by atoms with Crippen molar-refractivity contribution in [2.24, 2.45) is 0 Å². The van der Waals surface area contributed by atoms with Crippen LogP contribution in [0.2, 0.25) is 0 Å². The van der Waals surface area contributed by atoms with Crippen LogP contribution in [-0.4, -0.2) is 40.6 Å². The normalized spacial score (nSPS) is 20.8. The van der Waals surface area contributed by atoms with Crippen LogP contribution >= 0.6 is 0 Å². The molecule has 0 bridgehead atoms. The molecule has 2 heterocycles.